The molecule has 0 saturated carbocycles. The lowest BCUT2D eigenvalue weighted by Gasteiger charge is -2.20. The highest BCUT2D eigenvalue weighted by Crippen LogP contribution is 2.32. The van der Waals surface area contributed by atoms with E-state index in [9.17, 15) is 15.0 Å². The molecule has 0 aliphatic rings. The van der Waals surface area contributed by atoms with E-state index in [0.29, 0.717) is 12.1 Å². The summed E-state index contributed by atoms with van der Waals surface area (Å²) in [4.78, 5) is 14.3. The van der Waals surface area contributed by atoms with E-state index in [4.69, 9.17) is 0 Å². The molecule has 0 unspecified atom stereocenters. The Labute approximate surface area is 163 Å². The van der Waals surface area contributed by atoms with Crippen LogP contribution >= 0.6 is 0 Å². The van der Waals surface area contributed by atoms with Crippen molar-refractivity contribution in [3.05, 3.63) is 58.7 Å². The van der Waals surface area contributed by atoms with E-state index in [1.807, 2.05) is 26.0 Å². The first-order valence-electron chi connectivity index (χ1n) is 9.64. The van der Waals surface area contributed by atoms with Crippen LogP contribution in [0.4, 0.5) is 0 Å². The van der Waals surface area contributed by atoms with Gasteiger partial charge in [-0.05, 0) is 35.1 Å². The number of aromatic hydroxyl groups is 2. The zero-order valence-corrected chi connectivity index (χ0v) is 17.4. The summed E-state index contributed by atoms with van der Waals surface area (Å²) in [5.74, 6) is -0.395. The van der Waals surface area contributed by atoms with Gasteiger partial charge in [-0.3, -0.25) is 4.79 Å². The number of carbonyl (C=O) groups is 1. The van der Waals surface area contributed by atoms with Gasteiger partial charge >= 0.3 is 0 Å². The third kappa shape index (κ3) is 6.31. The Morgan fingerprint density at radius 1 is 1.00 bits per heavy atom. The van der Waals surface area contributed by atoms with Gasteiger partial charge < -0.3 is 15.1 Å². The molecule has 4 heteroatoms. The molecular formula is C23H33NO3. The van der Waals surface area contributed by atoms with Crippen molar-refractivity contribution in [2.45, 2.75) is 59.9 Å². The molecule has 4 nitrogen and oxygen atoms in total. The van der Waals surface area contributed by atoms with Crippen LogP contribution in [0.25, 0.3) is 0 Å². The highest BCUT2D eigenvalue weighted by molar-refractivity contribution is 5.97. The Hall–Kier alpha value is -2.49. The van der Waals surface area contributed by atoms with Crippen LogP contribution in [0.2, 0.25) is 0 Å². The highest BCUT2D eigenvalue weighted by Gasteiger charge is 2.20. The molecular weight excluding hydrogens is 338 g/mol. The number of nitrogens with zero attached hydrogens (tertiary/aromatic N) is 1. The van der Waals surface area contributed by atoms with Crippen LogP contribution in [0.5, 0.6) is 11.5 Å². The Balaban J connectivity index is 0.00000114. The van der Waals surface area contributed by atoms with E-state index < -0.39 is 0 Å². The predicted octanol–water partition coefficient (Wildman–Crippen LogP) is 5.47. The van der Waals surface area contributed by atoms with Gasteiger partial charge in [-0.2, -0.15) is 0 Å². The van der Waals surface area contributed by atoms with Gasteiger partial charge in [-0.25, -0.2) is 0 Å². The second-order valence-electron chi connectivity index (χ2n) is 7.12. The van der Waals surface area contributed by atoms with Crippen LogP contribution in [0.15, 0.2) is 36.4 Å². The van der Waals surface area contributed by atoms with E-state index >= 15 is 0 Å². The van der Waals surface area contributed by atoms with Gasteiger partial charge in [0.05, 0.1) is 5.56 Å². The second-order valence-corrected chi connectivity index (χ2v) is 7.12. The molecule has 0 bridgehead atoms. The van der Waals surface area contributed by atoms with E-state index in [0.717, 1.165) is 12.0 Å². The number of amides is 1. The van der Waals surface area contributed by atoms with E-state index in [1.165, 1.54) is 18.1 Å². The van der Waals surface area contributed by atoms with E-state index in [-0.39, 0.29) is 28.9 Å². The number of carbonyl (C=O) groups excluding carboxylic acids is 1. The predicted molar refractivity (Wildman–Crippen MR) is 111 cm³/mol. The van der Waals surface area contributed by atoms with Gasteiger partial charge in [-0.1, -0.05) is 65.3 Å². The number of benzene rings is 2. The van der Waals surface area contributed by atoms with E-state index in [1.54, 1.807) is 18.0 Å². The smallest absolute Gasteiger partial charge is 0.257 e. The van der Waals surface area contributed by atoms with Crippen LogP contribution in [0, 0.1) is 0 Å². The molecule has 148 valence electrons. The third-order valence-corrected chi connectivity index (χ3v) is 4.16. The van der Waals surface area contributed by atoms with Crippen molar-refractivity contribution in [1.82, 2.24) is 4.90 Å². The topological polar surface area (TPSA) is 60.8 Å². The van der Waals surface area contributed by atoms with Crippen LogP contribution in [0.3, 0.4) is 0 Å². The monoisotopic (exact) mass is 371 g/mol. The molecule has 0 spiro atoms. The molecule has 0 radical (unpaired) electrons. The SMILES string of the molecule is CCC.CCc1cccc(CN(C)C(=O)c2cc(C(C)C)c(O)cc2O)c1. The Morgan fingerprint density at radius 3 is 2.15 bits per heavy atom. The van der Waals surface area contributed by atoms with Crippen molar-refractivity contribution in [1.29, 1.82) is 0 Å². The van der Waals surface area contributed by atoms with Gasteiger partial charge in [0.2, 0.25) is 0 Å². The largest absolute Gasteiger partial charge is 0.508 e. The van der Waals surface area contributed by atoms with Gasteiger partial charge in [0, 0.05) is 19.7 Å². The molecule has 1 amide bonds. The number of phenolic OH excluding ortho intramolecular Hbond substituents is 2. The zero-order valence-electron chi connectivity index (χ0n) is 17.4. The van der Waals surface area contributed by atoms with Crippen LogP contribution in [-0.2, 0) is 13.0 Å². The normalized spacial score (nSPS) is 10.3. The van der Waals surface area contributed by atoms with Gasteiger partial charge in [0.25, 0.3) is 5.91 Å². The van der Waals surface area contributed by atoms with Gasteiger partial charge in [0.15, 0.2) is 0 Å². The number of aryl methyl sites for hydroxylation is 1. The number of hydrogen-bond donors (Lipinski definition) is 2. The highest BCUT2D eigenvalue weighted by atomic mass is 16.3. The molecule has 2 aromatic rings. The minimum Gasteiger partial charge on any atom is -0.508 e. The number of hydrogen-bond acceptors (Lipinski definition) is 3. The summed E-state index contributed by atoms with van der Waals surface area (Å²) in [5.41, 5.74) is 3.14. The third-order valence-electron chi connectivity index (χ3n) is 4.16. The first-order chi connectivity index (χ1) is 12.7. The quantitative estimate of drug-likeness (QED) is 0.732. The van der Waals surface area contributed by atoms with Crippen molar-refractivity contribution in [3.8, 4) is 11.5 Å². The number of phenols is 2. The summed E-state index contributed by atoms with van der Waals surface area (Å²) >= 11 is 0. The van der Waals surface area contributed by atoms with Crippen molar-refractivity contribution >= 4 is 5.91 Å². The molecule has 0 aromatic heterocycles. The Bertz CT molecular complexity index is 753. The first kappa shape index (κ1) is 22.6. The summed E-state index contributed by atoms with van der Waals surface area (Å²) in [7, 11) is 1.71. The average molecular weight is 372 g/mol. The fourth-order valence-corrected chi connectivity index (χ4v) is 2.73. The second kappa shape index (κ2) is 10.6. The first-order valence-corrected chi connectivity index (χ1v) is 9.64. The van der Waals surface area contributed by atoms with Crippen LogP contribution in [-0.4, -0.2) is 28.1 Å². The Morgan fingerprint density at radius 2 is 1.59 bits per heavy atom. The fraction of sp³-hybridized carbons (Fsp3) is 0.435. The molecule has 2 aromatic carbocycles. The maximum atomic E-state index is 12.7. The molecule has 2 N–H and O–H groups in total. The van der Waals surface area contributed by atoms with Crippen molar-refractivity contribution in [2.75, 3.05) is 7.05 Å². The molecule has 0 fully saturated rings. The lowest BCUT2D eigenvalue weighted by Crippen LogP contribution is -2.26. The lowest BCUT2D eigenvalue weighted by atomic mass is 9.98. The van der Waals surface area contributed by atoms with Crippen molar-refractivity contribution in [3.63, 3.8) is 0 Å². The van der Waals surface area contributed by atoms with Gasteiger partial charge in [0.1, 0.15) is 11.5 Å². The van der Waals surface area contributed by atoms with Crippen LogP contribution in [0.1, 0.15) is 74.0 Å². The minimum absolute atomic E-state index is 0.0114. The summed E-state index contributed by atoms with van der Waals surface area (Å²) in [5, 5.41) is 20.0. The fourth-order valence-electron chi connectivity index (χ4n) is 2.73. The molecule has 0 atom stereocenters. The average Bonchev–Trinajstić information content (AvgIpc) is 2.61. The maximum Gasteiger partial charge on any atom is 0.257 e. The summed E-state index contributed by atoms with van der Waals surface area (Å²) in [6.07, 6.45) is 2.20. The molecule has 0 aliphatic heterocycles. The summed E-state index contributed by atoms with van der Waals surface area (Å²) in [6.45, 7) is 10.7. The summed E-state index contributed by atoms with van der Waals surface area (Å²) < 4.78 is 0. The Kier molecular flexibility index (Phi) is 8.86. The minimum atomic E-state index is -0.267. The molecule has 2 rings (SSSR count). The zero-order chi connectivity index (χ0) is 20.6. The molecule has 27 heavy (non-hydrogen) atoms. The number of rotatable bonds is 5. The van der Waals surface area contributed by atoms with Crippen LogP contribution < -0.4 is 0 Å². The van der Waals surface area contributed by atoms with Gasteiger partial charge in [-0.15, -0.1) is 0 Å². The molecule has 0 saturated heterocycles. The van der Waals surface area contributed by atoms with E-state index in [2.05, 4.69) is 32.9 Å². The molecule has 0 heterocycles. The summed E-state index contributed by atoms with van der Waals surface area (Å²) in [6, 6.07) is 10.9. The lowest BCUT2D eigenvalue weighted by molar-refractivity contribution is 0.0782. The molecule has 0 aliphatic carbocycles. The maximum absolute atomic E-state index is 12.7. The van der Waals surface area contributed by atoms with Crippen molar-refractivity contribution in [2.24, 2.45) is 0 Å². The van der Waals surface area contributed by atoms with Crippen molar-refractivity contribution < 1.29 is 15.0 Å². The standard InChI is InChI=1S/C20H25NO3.C3H8/c1-5-14-7-6-8-15(9-14)12-21(4)20(24)17-10-16(13(2)3)18(22)11-19(17)23;1-3-2/h6-11,13,22-23H,5,12H2,1-4H3;3H2,1-2H3.